The standard InChI is InChI=1S/C39H42ClN5O4/c1-24-17-28(34(40)18-30(24)22-45-15-12-29(21-45)39(48)49)8-10-35-25(2)33(11-14-41-35)32-5-4-6-36(26(32)3)43-38(47)37-9-7-27(19-42-37)20-44-16-13-31(46)23-44/h4-11,14,17-19,29,31,46H,12-13,15-16,20-23H2,1-3H3,(H,43,47)(H,48,49)/b10-8+/t29-,31-/m1/s1. The van der Waals surface area contributed by atoms with Gasteiger partial charge >= 0.3 is 5.97 Å². The van der Waals surface area contributed by atoms with Crippen LogP contribution in [0.4, 0.5) is 5.69 Å². The third-order valence-corrected chi connectivity index (χ3v) is 10.0. The van der Waals surface area contributed by atoms with E-state index in [0.717, 1.165) is 69.7 Å². The van der Waals surface area contributed by atoms with E-state index < -0.39 is 5.97 Å². The number of aryl methyl sites for hydroxylation is 1. The number of carbonyl (C=O) groups is 2. The molecule has 0 spiro atoms. The minimum atomic E-state index is -0.730. The van der Waals surface area contributed by atoms with Crippen molar-refractivity contribution in [3.8, 4) is 11.1 Å². The molecule has 2 saturated heterocycles. The molecular weight excluding hydrogens is 638 g/mol. The zero-order valence-corrected chi connectivity index (χ0v) is 28.9. The number of hydrogen-bond acceptors (Lipinski definition) is 7. The van der Waals surface area contributed by atoms with E-state index in [2.05, 4.69) is 38.1 Å². The lowest BCUT2D eigenvalue weighted by molar-refractivity contribution is -0.141. The molecule has 4 heterocycles. The minimum absolute atomic E-state index is 0.271. The van der Waals surface area contributed by atoms with Crippen LogP contribution in [0.5, 0.6) is 0 Å². The lowest BCUT2D eigenvalue weighted by Gasteiger charge is -2.18. The molecule has 2 aliphatic heterocycles. The Bertz CT molecular complexity index is 1890. The van der Waals surface area contributed by atoms with Gasteiger partial charge < -0.3 is 15.5 Å². The van der Waals surface area contributed by atoms with E-state index >= 15 is 0 Å². The number of carboxylic acid groups (broad SMARTS) is 1. The molecule has 4 aromatic rings. The average Bonchev–Trinajstić information content (AvgIpc) is 3.72. The maximum Gasteiger partial charge on any atom is 0.307 e. The Balaban J connectivity index is 1.15. The Labute approximate surface area is 292 Å². The van der Waals surface area contributed by atoms with Crippen LogP contribution in [0.2, 0.25) is 5.02 Å². The second-order valence-electron chi connectivity index (χ2n) is 13.2. The van der Waals surface area contributed by atoms with Crippen molar-refractivity contribution in [1.29, 1.82) is 0 Å². The zero-order chi connectivity index (χ0) is 34.7. The number of aliphatic hydroxyl groups is 1. The van der Waals surface area contributed by atoms with E-state index in [4.69, 9.17) is 11.6 Å². The Morgan fingerprint density at radius 2 is 1.71 bits per heavy atom. The van der Waals surface area contributed by atoms with E-state index in [1.807, 2.05) is 62.4 Å². The fourth-order valence-corrected chi connectivity index (χ4v) is 7.01. The molecule has 2 fully saturated rings. The fourth-order valence-electron chi connectivity index (χ4n) is 6.76. The summed E-state index contributed by atoms with van der Waals surface area (Å²) in [6.07, 6.45) is 8.65. The molecule has 0 saturated carbocycles. The van der Waals surface area contributed by atoms with Gasteiger partial charge in [0, 0.05) is 55.8 Å². The second-order valence-corrected chi connectivity index (χ2v) is 13.6. The van der Waals surface area contributed by atoms with Gasteiger partial charge in [-0.15, -0.1) is 0 Å². The molecule has 1 amide bonds. The number of benzene rings is 2. The summed E-state index contributed by atoms with van der Waals surface area (Å²) in [4.78, 5) is 38.0. The molecule has 2 aliphatic rings. The van der Waals surface area contributed by atoms with Gasteiger partial charge in [0.2, 0.25) is 0 Å². The van der Waals surface area contributed by atoms with E-state index in [0.29, 0.717) is 49.0 Å². The van der Waals surface area contributed by atoms with Crippen LogP contribution in [-0.2, 0) is 17.9 Å². The van der Waals surface area contributed by atoms with Gasteiger partial charge in [-0.05, 0) is 115 Å². The van der Waals surface area contributed by atoms with E-state index in [9.17, 15) is 19.8 Å². The fraction of sp³-hybridized carbons (Fsp3) is 0.333. The van der Waals surface area contributed by atoms with Gasteiger partial charge in [-0.2, -0.15) is 0 Å². The number of pyridine rings is 2. The van der Waals surface area contributed by atoms with Crippen LogP contribution in [0.15, 0.2) is 60.9 Å². The molecule has 254 valence electrons. The average molecular weight is 680 g/mol. The smallest absolute Gasteiger partial charge is 0.307 e. The summed E-state index contributed by atoms with van der Waals surface area (Å²) in [6, 6.07) is 15.6. The van der Waals surface area contributed by atoms with Gasteiger partial charge in [-0.1, -0.05) is 41.9 Å². The highest BCUT2D eigenvalue weighted by molar-refractivity contribution is 6.32. The lowest BCUT2D eigenvalue weighted by Crippen LogP contribution is -2.23. The number of β-amino-alcohol motifs (C(OH)–C–C–N with tert-alkyl or cyclic N) is 1. The molecular formula is C39H42ClN5O4. The number of aromatic nitrogens is 2. The number of aliphatic carboxylic acids is 1. The molecule has 2 aromatic carbocycles. The van der Waals surface area contributed by atoms with E-state index in [-0.39, 0.29) is 17.9 Å². The number of carbonyl (C=O) groups excluding carboxylic acids is 1. The van der Waals surface area contributed by atoms with Crippen LogP contribution >= 0.6 is 11.6 Å². The van der Waals surface area contributed by atoms with Crippen LogP contribution in [-0.4, -0.2) is 74.1 Å². The summed E-state index contributed by atoms with van der Waals surface area (Å²) in [7, 11) is 0. The first kappa shape index (κ1) is 34.5. The van der Waals surface area contributed by atoms with Gasteiger partial charge in [0.05, 0.1) is 17.7 Å². The molecule has 3 N–H and O–H groups in total. The SMILES string of the molecule is Cc1cc(/C=C/c2nccc(-c3cccc(NC(=O)c4ccc(CN5CC[C@@H](O)C5)cn4)c3C)c2C)c(Cl)cc1CN1CC[C@@H](C(=O)O)C1. The summed E-state index contributed by atoms with van der Waals surface area (Å²) < 4.78 is 0. The first-order chi connectivity index (χ1) is 23.5. The largest absolute Gasteiger partial charge is 0.481 e. The van der Waals surface area contributed by atoms with Gasteiger partial charge in [0.1, 0.15) is 5.69 Å². The van der Waals surface area contributed by atoms with Gasteiger partial charge in [-0.25, -0.2) is 0 Å². The van der Waals surface area contributed by atoms with Crippen LogP contribution in [0.3, 0.4) is 0 Å². The van der Waals surface area contributed by atoms with Crippen molar-refractivity contribution in [1.82, 2.24) is 19.8 Å². The molecule has 10 heteroatoms. The number of nitrogens with zero attached hydrogens (tertiary/aromatic N) is 4. The zero-order valence-electron chi connectivity index (χ0n) is 28.1. The Morgan fingerprint density at radius 1 is 0.939 bits per heavy atom. The normalized spacial score (nSPS) is 18.4. The summed E-state index contributed by atoms with van der Waals surface area (Å²) in [5.41, 5.74) is 9.90. The molecule has 0 bridgehead atoms. The summed E-state index contributed by atoms with van der Waals surface area (Å²) >= 11 is 6.74. The highest BCUT2D eigenvalue weighted by Crippen LogP contribution is 2.33. The number of amides is 1. The number of aliphatic hydroxyl groups excluding tert-OH is 1. The summed E-state index contributed by atoms with van der Waals surface area (Å²) in [5, 5.41) is 22.8. The highest BCUT2D eigenvalue weighted by Gasteiger charge is 2.28. The number of anilines is 1. The Hall–Kier alpha value is -4.41. The van der Waals surface area contributed by atoms with E-state index in [1.54, 1.807) is 18.5 Å². The van der Waals surface area contributed by atoms with Gasteiger partial charge in [0.15, 0.2) is 0 Å². The van der Waals surface area contributed by atoms with Crippen LogP contribution in [0.25, 0.3) is 23.3 Å². The van der Waals surface area contributed by atoms with Gasteiger partial charge in [-0.3, -0.25) is 29.4 Å². The van der Waals surface area contributed by atoms with Gasteiger partial charge in [0.25, 0.3) is 5.91 Å². The number of carboxylic acids is 1. The monoisotopic (exact) mass is 679 g/mol. The van der Waals surface area contributed by atoms with Crippen molar-refractivity contribution in [2.24, 2.45) is 5.92 Å². The molecule has 0 aliphatic carbocycles. The molecule has 2 atom stereocenters. The number of nitrogens with one attached hydrogen (secondary N) is 1. The number of hydrogen-bond donors (Lipinski definition) is 3. The predicted molar refractivity (Wildman–Crippen MR) is 193 cm³/mol. The minimum Gasteiger partial charge on any atom is -0.481 e. The number of likely N-dealkylation sites (tertiary alicyclic amines) is 2. The Kier molecular flexibility index (Phi) is 10.6. The molecule has 0 radical (unpaired) electrons. The first-order valence-electron chi connectivity index (χ1n) is 16.7. The number of rotatable bonds is 10. The van der Waals surface area contributed by atoms with Crippen molar-refractivity contribution < 1.29 is 19.8 Å². The van der Waals surface area contributed by atoms with Crippen LogP contribution in [0, 0.1) is 26.7 Å². The van der Waals surface area contributed by atoms with Crippen molar-refractivity contribution in [3.63, 3.8) is 0 Å². The maximum atomic E-state index is 13.2. The molecule has 49 heavy (non-hydrogen) atoms. The predicted octanol–water partition coefficient (Wildman–Crippen LogP) is 6.62. The highest BCUT2D eigenvalue weighted by atomic mass is 35.5. The van der Waals surface area contributed by atoms with Crippen molar-refractivity contribution >= 4 is 41.3 Å². The quantitative estimate of drug-likeness (QED) is 0.171. The van der Waals surface area contributed by atoms with Crippen LogP contribution in [0.1, 0.15) is 62.4 Å². The van der Waals surface area contributed by atoms with E-state index in [1.165, 1.54) is 0 Å². The number of halogens is 1. The first-order valence-corrected chi connectivity index (χ1v) is 17.1. The van der Waals surface area contributed by atoms with Crippen LogP contribution < -0.4 is 5.32 Å². The molecule has 9 nitrogen and oxygen atoms in total. The topological polar surface area (TPSA) is 119 Å². The molecule has 6 rings (SSSR count). The Morgan fingerprint density at radius 3 is 2.43 bits per heavy atom. The van der Waals surface area contributed by atoms with Crippen molar-refractivity contribution in [2.45, 2.75) is 52.8 Å². The second kappa shape index (κ2) is 15.0. The lowest BCUT2D eigenvalue weighted by atomic mass is 9.95. The third-order valence-electron chi connectivity index (χ3n) is 9.72. The molecule has 0 unspecified atom stereocenters. The molecule has 2 aromatic heterocycles. The summed E-state index contributed by atoms with van der Waals surface area (Å²) in [6.45, 7) is 10.3. The van der Waals surface area contributed by atoms with Crippen molar-refractivity contribution in [2.75, 3.05) is 31.5 Å². The third kappa shape index (κ3) is 8.08. The van der Waals surface area contributed by atoms with Crippen molar-refractivity contribution in [3.05, 3.63) is 111 Å². The maximum absolute atomic E-state index is 13.2. The summed E-state index contributed by atoms with van der Waals surface area (Å²) in [5.74, 6) is -1.31.